The van der Waals surface area contributed by atoms with E-state index in [9.17, 15) is 0 Å². The molecule has 1 N–H and O–H groups in total. The van der Waals surface area contributed by atoms with Gasteiger partial charge in [0.25, 0.3) is 0 Å². The first-order valence-corrected chi connectivity index (χ1v) is 7.03. The van der Waals surface area contributed by atoms with Crippen LogP contribution in [0.2, 0.25) is 0 Å². The van der Waals surface area contributed by atoms with E-state index in [0.29, 0.717) is 12.1 Å². The summed E-state index contributed by atoms with van der Waals surface area (Å²) in [5.41, 5.74) is 3.58. The van der Waals surface area contributed by atoms with E-state index in [1.165, 1.54) is 11.3 Å². The highest BCUT2D eigenvalue weighted by Crippen LogP contribution is 2.14. The van der Waals surface area contributed by atoms with Gasteiger partial charge in [-0.1, -0.05) is 0 Å². The first kappa shape index (κ1) is 12.6. The number of piperazine rings is 1. The molecule has 2 aromatic heterocycles. The van der Waals surface area contributed by atoms with Crippen LogP contribution in [-0.2, 0) is 6.54 Å². The maximum absolute atomic E-state index is 4.51. The van der Waals surface area contributed by atoms with E-state index in [1.54, 1.807) is 0 Å². The van der Waals surface area contributed by atoms with Crippen molar-refractivity contribution in [2.24, 2.45) is 0 Å². The van der Waals surface area contributed by atoms with Gasteiger partial charge >= 0.3 is 0 Å². The van der Waals surface area contributed by atoms with Gasteiger partial charge in [-0.05, 0) is 38.5 Å². The van der Waals surface area contributed by atoms with Crippen molar-refractivity contribution in [2.45, 2.75) is 39.4 Å². The SMILES string of the molecule is Cc1ccn2c(CN3CC(C)NCC3C)cnc2c1. The molecular weight excluding hydrogens is 236 g/mol. The lowest BCUT2D eigenvalue weighted by molar-refractivity contribution is 0.137. The van der Waals surface area contributed by atoms with E-state index in [4.69, 9.17) is 0 Å². The van der Waals surface area contributed by atoms with Crippen molar-refractivity contribution in [1.82, 2.24) is 19.6 Å². The number of fused-ring (bicyclic) bond motifs is 1. The zero-order chi connectivity index (χ0) is 13.4. The van der Waals surface area contributed by atoms with Crippen LogP contribution in [0.3, 0.4) is 0 Å². The number of imidazole rings is 1. The van der Waals surface area contributed by atoms with Crippen LogP contribution in [0.5, 0.6) is 0 Å². The molecule has 1 aliphatic rings. The maximum Gasteiger partial charge on any atom is 0.137 e. The van der Waals surface area contributed by atoms with Crippen LogP contribution in [0, 0.1) is 6.92 Å². The van der Waals surface area contributed by atoms with Gasteiger partial charge in [0, 0.05) is 37.9 Å². The molecule has 4 heteroatoms. The second kappa shape index (κ2) is 4.94. The van der Waals surface area contributed by atoms with Gasteiger partial charge in [0.15, 0.2) is 0 Å². The molecule has 0 spiro atoms. The summed E-state index contributed by atoms with van der Waals surface area (Å²) >= 11 is 0. The Bertz CT molecular complexity index is 575. The van der Waals surface area contributed by atoms with Crippen LogP contribution in [-0.4, -0.2) is 39.5 Å². The van der Waals surface area contributed by atoms with Crippen molar-refractivity contribution in [3.63, 3.8) is 0 Å². The summed E-state index contributed by atoms with van der Waals surface area (Å²) in [6.07, 6.45) is 4.14. The average Bonchev–Trinajstić information content (AvgIpc) is 2.76. The highest BCUT2D eigenvalue weighted by atomic mass is 15.2. The van der Waals surface area contributed by atoms with Crippen LogP contribution in [0.25, 0.3) is 5.65 Å². The minimum atomic E-state index is 0.567. The third-order valence-corrected chi connectivity index (χ3v) is 4.00. The number of hydrogen-bond donors (Lipinski definition) is 1. The molecule has 2 atom stereocenters. The summed E-state index contributed by atoms with van der Waals surface area (Å²) < 4.78 is 2.20. The molecule has 3 rings (SSSR count). The first-order valence-electron chi connectivity index (χ1n) is 7.03. The molecule has 1 aliphatic heterocycles. The third kappa shape index (κ3) is 2.51. The highest BCUT2D eigenvalue weighted by molar-refractivity contribution is 5.42. The van der Waals surface area contributed by atoms with Crippen LogP contribution in [0.15, 0.2) is 24.5 Å². The smallest absolute Gasteiger partial charge is 0.137 e. The Morgan fingerprint density at radius 1 is 1.42 bits per heavy atom. The molecule has 4 nitrogen and oxygen atoms in total. The fourth-order valence-corrected chi connectivity index (χ4v) is 2.78. The number of pyridine rings is 1. The molecule has 2 unspecified atom stereocenters. The van der Waals surface area contributed by atoms with E-state index in [1.807, 2.05) is 6.20 Å². The molecular formula is C15H22N4. The molecule has 0 saturated carbocycles. The minimum Gasteiger partial charge on any atom is -0.311 e. The Kier molecular flexibility index (Phi) is 3.29. The zero-order valence-electron chi connectivity index (χ0n) is 11.9. The van der Waals surface area contributed by atoms with Crippen molar-refractivity contribution in [3.05, 3.63) is 35.8 Å². The first-order chi connectivity index (χ1) is 9.13. The molecule has 0 amide bonds. The van der Waals surface area contributed by atoms with E-state index >= 15 is 0 Å². The molecule has 0 bridgehead atoms. The molecule has 2 aromatic rings. The van der Waals surface area contributed by atoms with Crippen LogP contribution < -0.4 is 5.32 Å². The molecule has 19 heavy (non-hydrogen) atoms. The third-order valence-electron chi connectivity index (χ3n) is 4.00. The number of aromatic nitrogens is 2. The van der Waals surface area contributed by atoms with Crippen molar-refractivity contribution in [3.8, 4) is 0 Å². The van der Waals surface area contributed by atoms with Gasteiger partial charge in [-0.15, -0.1) is 0 Å². The lowest BCUT2D eigenvalue weighted by Gasteiger charge is -2.37. The molecule has 0 aliphatic carbocycles. The van der Waals surface area contributed by atoms with E-state index in [-0.39, 0.29) is 0 Å². The van der Waals surface area contributed by atoms with E-state index in [0.717, 1.165) is 25.3 Å². The Morgan fingerprint density at radius 2 is 2.26 bits per heavy atom. The highest BCUT2D eigenvalue weighted by Gasteiger charge is 2.23. The van der Waals surface area contributed by atoms with Crippen molar-refractivity contribution >= 4 is 5.65 Å². The normalized spacial score (nSPS) is 25.0. The van der Waals surface area contributed by atoms with Gasteiger partial charge in [-0.25, -0.2) is 4.98 Å². The quantitative estimate of drug-likeness (QED) is 0.892. The topological polar surface area (TPSA) is 32.6 Å². The molecule has 3 heterocycles. The van der Waals surface area contributed by atoms with Crippen LogP contribution >= 0.6 is 0 Å². The summed E-state index contributed by atoms with van der Waals surface area (Å²) in [5, 5.41) is 3.52. The Morgan fingerprint density at radius 3 is 3.11 bits per heavy atom. The lowest BCUT2D eigenvalue weighted by Crippen LogP contribution is -2.53. The molecule has 0 aromatic carbocycles. The molecule has 102 valence electrons. The number of nitrogens with zero attached hydrogens (tertiary/aromatic N) is 3. The van der Waals surface area contributed by atoms with Gasteiger partial charge in [0.05, 0.1) is 11.9 Å². The summed E-state index contributed by atoms with van der Waals surface area (Å²) in [7, 11) is 0. The Hall–Kier alpha value is -1.39. The Balaban J connectivity index is 1.84. The predicted molar refractivity (Wildman–Crippen MR) is 77.3 cm³/mol. The summed E-state index contributed by atoms with van der Waals surface area (Å²) in [6.45, 7) is 9.77. The summed E-state index contributed by atoms with van der Waals surface area (Å²) in [6, 6.07) is 5.42. The van der Waals surface area contributed by atoms with Crippen LogP contribution in [0.1, 0.15) is 25.1 Å². The monoisotopic (exact) mass is 258 g/mol. The zero-order valence-corrected chi connectivity index (χ0v) is 11.9. The second-order valence-corrected chi connectivity index (χ2v) is 5.77. The largest absolute Gasteiger partial charge is 0.311 e. The maximum atomic E-state index is 4.51. The Labute approximate surface area is 114 Å². The molecule has 1 fully saturated rings. The minimum absolute atomic E-state index is 0.567. The molecule has 0 radical (unpaired) electrons. The van der Waals surface area contributed by atoms with Gasteiger partial charge < -0.3 is 9.72 Å². The molecule has 1 saturated heterocycles. The number of aryl methyl sites for hydroxylation is 1. The van der Waals surface area contributed by atoms with Crippen molar-refractivity contribution in [1.29, 1.82) is 0 Å². The predicted octanol–water partition coefficient (Wildman–Crippen LogP) is 1.82. The fourth-order valence-electron chi connectivity index (χ4n) is 2.78. The summed E-state index contributed by atoms with van der Waals surface area (Å²) in [5.74, 6) is 0. The van der Waals surface area contributed by atoms with Gasteiger partial charge in [-0.2, -0.15) is 0 Å². The van der Waals surface area contributed by atoms with Crippen molar-refractivity contribution < 1.29 is 0 Å². The van der Waals surface area contributed by atoms with E-state index < -0.39 is 0 Å². The second-order valence-electron chi connectivity index (χ2n) is 5.77. The van der Waals surface area contributed by atoms with Crippen molar-refractivity contribution in [2.75, 3.05) is 13.1 Å². The van der Waals surface area contributed by atoms with Gasteiger partial charge in [0.1, 0.15) is 5.65 Å². The standard InChI is InChI=1S/C15H22N4/c1-11-4-5-19-14(8-17-15(19)6-11)10-18-9-12(2)16-7-13(18)3/h4-6,8,12-13,16H,7,9-10H2,1-3H3. The van der Waals surface area contributed by atoms with Crippen LogP contribution in [0.4, 0.5) is 0 Å². The number of nitrogens with one attached hydrogen (secondary N) is 1. The number of rotatable bonds is 2. The fraction of sp³-hybridized carbons (Fsp3) is 0.533. The summed E-state index contributed by atoms with van der Waals surface area (Å²) in [4.78, 5) is 7.04. The van der Waals surface area contributed by atoms with E-state index in [2.05, 4.69) is 58.7 Å². The lowest BCUT2D eigenvalue weighted by atomic mass is 10.1. The van der Waals surface area contributed by atoms with Gasteiger partial charge in [0.2, 0.25) is 0 Å². The number of hydrogen-bond acceptors (Lipinski definition) is 3. The average molecular weight is 258 g/mol. The van der Waals surface area contributed by atoms with Gasteiger partial charge in [-0.3, -0.25) is 4.90 Å².